The summed E-state index contributed by atoms with van der Waals surface area (Å²) >= 11 is 0. The SMILES string of the molecule is C1=C(c2cccc3ccccc23)CNC1. The molecule has 0 saturated carbocycles. The molecule has 1 N–H and O–H groups in total. The van der Waals surface area contributed by atoms with E-state index in [9.17, 15) is 0 Å². The summed E-state index contributed by atoms with van der Waals surface area (Å²) in [5.74, 6) is 0. The highest BCUT2D eigenvalue weighted by molar-refractivity contribution is 5.94. The van der Waals surface area contributed by atoms with Crippen molar-refractivity contribution in [2.75, 3.05) is 13.1 Å². The first-order valence-electron chi connectivity index (χ1n) is 5.33. The molecule has 1 aliphatic rings. The van der Waals surface area contributed by atoms with Crippen molar-refractivity contribution in [3.63, 3.8) is 0 Å². The van der Waals surface area contributed by atoms with Crippen molar-refractivity contribution in [1.29, 1.82) is 0 Å². The Balaban J connectivity index is 2.26. The van der Waals surface area contributed by atoms with Crippen molar-refractivity contribution in [2.24, 2.45) is 0 Å². The molecule has 1 aliphatic heterocycles. The molecule has 2 aromatic rings. The number of nitrogens with one attached hydrogen (secondary N) is 1. The maximum absolute atomic E-state index is 3.34. The van der Waals surface area contributed by atoms with Gasteiger partial charge in [0.1, 0.15) is 0 Å². The van der Waals surface area contributed by atoms with Crippen LogP contribution in [0.25, 0.3) is 16.3 Å². The van der Waals surface area contributed by atoms with E-state index >= 15 is 0 Å². The average molecular weight is 195 g/mol. The molecule has 0 radical (unpaired) electrons. The second-order valence-electron chi connectivity index (χ2n) is 3.89. The van der Waals surface area contributed by atoms with Crippen molar-refractivity contribution in [3.8, 4) is 0 Å². The Morgan fingerprint density at radius 3 is 2.67 bits per heavy atom. The molecule has 0 spiro atoms. The zero-order chi connectivity index (χ0) is 10.1. The smallest absolute Gasteiger partial charge is 0.0211 e. The first kappa shape index (κ1) is 8.69. The zero-order valence-corrected chi connectivity index (χ0v) is 8.53. The zero-order valence-electron chi connectivity index (χ0n) is 8.53. The van der Waals surface area contributed by atoms with Crippen molar-refractivity contribution in [1.82, 2.24) is 5.32 Å². The second kappa shape index (κ2) is 3.52. The molecular formula is C14H13N. The van der Waals surface area contributed by atoms with E-state index in [1.165, 1.54) is 21.9 Å². The van der Waals surface area contributed by atoms with Crippen LogP contribution in [-0.2, 0) is 0 Å². The second-order valence-corrected chi connectivity index (χ2v) is 3.89. The average Bonchev–Trinajstić information content (AvgIpc) is 2.82. The van der Waals surface area contributed by atoms with Crippen LogP contribution < -0.4 is 5.32 Å². The molecule has 0 amide bonds. The van der Waals surface area contributed by atoms with Gasteiger partial charge < -0.3 is 5.32 Å². The molecule has 1 nitrogen and oxygen atoms in total. The summed E-state index contributed by atoms with van der Waals surface area (Å²) in [5, 5.41) is 6.02. The molecule has 0 aromatic heterocycles. The summed E-state index contributed by atoms with van der Waals surface area (Å²) in [6, 6.07) is 15.1. The molecule has 0 fully saturated rings. The van der Waals surface area contributed by atoms with Gasteiger partial charge in [0.15, 0.2) is 0 Å². The Hall–Kier alpha value is -1.60. The standard InChI is InChI=1S/C14H13N/c1-2-6-13-11(4-1)5-3-7-14(13)12-8-9-15-10-12/h1-8,15H,9-10H2. The topological polar surface area (TPSA) is 12.0 Å². The molecule has 1 heteroatoms. The van der Waals surface area contributed by atoms with Gasteiger partial charge in [0.05, 0.1) is 0 Å². The van der Waals surface area contributed by atoms with Crippen LogP contribution in [0.2, 0.25) is 0 Å². The number of benzene rings is 2. The van der Waals surface area contributed by atoms with E-state index in [0.29, 0.717) is 0 Å². The van der Waals surface area contributed by atoms with Gasteiger partial charge in [-0.3, -0.25) is 0 Å². The van der Waals surface area contributed by atoms with Gasteiger partial charge in [-0.1, -0.05) is 48.5 Å². The fourth-order valence-corrected chi connectivity index (χ4v) is 2.18. The van der Waals surface area contributed by atoms with E-state index in [0.717, 1.165) is 13.1 Å². The Bertz CT molecular complexity index is 520. The number of hydrogen-bond donors (Lipinski definition) is 1. The van der Waals surface area contributed by atoms with Crippen LogP contribution >= 0.6 is 0 Å². The van der Waals surface area contributed by atoms with Gasteiger partial charge in [-0.15, -0.1) is 0 Å². The van der Waals surface area contributed by atoms with Gasteiger partial charge >= 0.3 is 0 Å². The maximum Gasteiger partial charge on any atom is 0.0211 e. The quantitative estimate of drug-likeness (QED) is 0.737. The third-order valence-electron chi connectivity index (χ3n) is 2.94. The summed E-state index contributed by atoms with van der Waals surface area (Å²) in [6.45, 7) is 1.99. The van der Waals surface area contributed by atoms with Crippen LogP contribution in [0, 0.1) is 0 Å². The number of rotatable bonds is 1. The predicted molar refractivity (Wildman–Crippen MR) is 64.8 cm³/mol. The summed E-state index contributed by atoms with van der Waals surface area (Å²) < 4.78 is 0. The fourth-order valence-electron chi connectivity index (χ4n) is 2.18. The highest BCUT2D eigenvalue weighted by Crippen LogP contribution is 2.25. The van der Waals surface area contributed by atoms with E-state index in [1.54, 1.807) is 0 Å². The molecule has 0 unspecified atom stereocenters. The van der Waals surface area contributed by atoms with Crippen LogP contribution in [0.15, 0.2) is 48.5 Å². The Morgan fingerprint density at radius 2 is 1.80 bits per heavy atom. The van der Waals surface area contributed by atoms with Gasteiger partial charge in [-0.05, 0) is 21.9 Å². The maximum atomic E-state index is 3.34. The summed E-state index contributed by atoms with van der Waals surface area (Å²) in [6.07, 6.45) is 2.28. The Kier molecular flexibility index (Phi) is 2.04. The fraction of sp³-hybridized carbons (Fsp3) is 0.143. The highest BCUT2D eigenvalue weighted by Gasteiger charge is 2.08. The van der Waals surface area contributed by atoms with Crippen LogP contribution in [0.1, 0.15) is 5.56 Å². The molecular weight excluding hydrogens is 182 g/mol. The molecule has 2 aromatic carbocycles. The lowest BCUT2D eigenvalue weighted by atomic mass is 9.99. The third-order valence-corrected chi connectivity index (χ3v) is 2.94. The number of fused-ring (bicyclic) bond motifs is 1. The molecule has 0 saturated heterocycles. The lowest BCUT2D eigenvalue weighted by molar-refractivity contribution is 0.897. The minimum atomic E-state index is 0.994. The van der Waals surface area contributed by atoms with Gasteiger partial charge in [-0.2, -0.15) is 0 Å². The Labute approximate surface area is 89.4 Å². The van der Waals surface area contributed by atoms with E-state index in [1.807, 2.05) is 0 Å². The summed E-state index contributed by atoms with van der Waals surface area (Å²) in [4.78, 5) is 0. The molecule has 0 atom stereocenters. The van der Waals surface area contributed by atoms with Crippen LogP contribution in [-0.4, -0.2) is 13.1 Å². The first-order chi connectivity index (χ1) is 7.45. The normalized spacial score (nSPS) is 15.6. The monoisotopic (exact) mass is 195 g/mol. The van der Waals surface area contributed by atoms with Crippen LogP contribution in [0.4, 0.5) is 0 Å². The summed E-state index contributed by atoms with van der Waals surface area (Å²) in [7, 11) is 0. The van der Waals surface area contributed by atoms with Crippen molar-refractivity contribution >= 4 is 16.3 Å². The lowest BCUT2D eigenvalue weighted by Crippen LogP contribution is -2.07. The van der Waals surface area contributed by atoms with E-state index in [4.69, 9.17) is 0 Å². The van der Waals surface area contributed by atoms with E-state index in [2.05, 4.69) is 53.9 Å². The lowest BCUT2D eigenvalue weighted by Gasteiger charge is -2.06. The number of hydrogen-bond acceptors (Lipinski definition) is 1. The Morgan fingerprint density at radius 1 is 0.933 bits per heavy atom. The molecule has 1 heterocycles. The minimum absolute atomic E-state index is 0.994. The van der Waals surface area contributed by atoms with Gasteiger partial charge in [0.25, 0.3) is 0 Å². The van der Waals surface area contributed by atoms with Crippen molar-refractivity contribution < 1.29 is 0 Å². The molecule has 0 bridgehead atoms. The van der Waals surface area contributed by atoms with Crippen molar-refractivity contribution in [2.45, 2.75) is 0 Å². The van der Waals surface area contributed by atoms with Crippen LogP contribution in [0.3, 0.4) is 0 Å². The third kappa shape index (κ3) is 1.45. The van der Waals surface area contributed by atoms with Gasteiger partial charge in [0.2, 0.25) is 0 Å². The van der Waals surface area contributed by atoms with E-state index in [-0.39, 0.29) is 0 Å². The largest absolute Gasteiger partial charge is 0.309 e. The van der Waals surface area contributed by atoms with E-state index < -0.39 is 0 Å². The minimum Gasteiger partial charge on any atom is -0.309 e. The molecule has 74 valence electrons. The highest BCUT2D eigenvalue weighted by atomic mass is 14.9. The van der Waals surface area contributed by atoms with Gasteiger partial charge in [-0.25, -0.2) is 0 Å². The molecule has 15 heavy (non-hydrogen) atoms. The summed E-state index contributed by atoms with van der Waals surface area (Å²) in [5.41, 5.74) is 2.80. The van der Waals surface area contributed by atoms with Crippen LogP contribution in [0.5, 0.6) is 0 Å². The molecule has 3 rings (SSSR count). The molecule has 0 aliphatic carbocycles. The first-order valence-corrected chi connectivity index (χ1v) is 5.33. The van der Waals surface area contributed by atoms with Gasteiger partial charge in [0, 0.05) is 13.1 Å². The van der Waals surface area contributed by atoms with Crippen molar-refractivity contribution in [3.05, 3.63) is 54.1 Å². The predicted octanol–water partition coefficient (Wildman–Crippen LogP) is 2.83.